The monoisotopic (exact) mass is 259 g/mol. The fraction of sp³-hybridized carbons (Fsp3) is 1.00. The molecule has 0 bridgehead atoms. The van der Waals surface area contributed by atoms with Crippen LogP contribution in [-0.2, 0) is 4.74 Å². The Labute approximate surface area is 86.4 Å². The average Bonchev–Trinajstić information content (AvgIpc) is 2.04. The lowest BCUT2D eigenvalue weighted by atomic mass is 10.5. The summed E-state index contributed by atoms with van der Waals surface area (Å²) in [5.74, 6) is 0. The summed E-state index contributed by atoms with van der Waals surface area (Å²) in [7, 11) is 0. The Morgan fingerprint density at radius 2 is 2.08 bits per heavy atom. The van der Waals surface area contributed by atoms with Crippen molar-refractivity contribution in [3.05, 3.63) is 0 Å². The van der Waals surface area contributed by atoms with E-state index >= 15 is 0 Å². The summed E-state index contributed by atoms with van der Waals surface area (Å²) in [5, 5.41) is 0.714. The lowest BCUT2D eigenvalue weighted by Gasteiger charge is -2.20. The standard InChI is InChI=1S/C8H16BrF2NO/c1-2-13-6-5-12(4-3-9)7-8(10)11/h8H,2-7H2,1H3. The molecule has 0 amide bonds. The Morgan fingerprint density at radius 3 is 2.54 bits per heavy atom. The first-order valence-electron chi connectivity index (χ1n) is 4.35. The van der Waals surface area contributed by atoms with Gasteiger partial charge in [-0.15, -0.1) is 0 Å². The molecule has 0 heterocycles. The van der Waals surface area contributed by atoms with Crippen molar-refractivity contribution in [3.8, 4) is 0 Å². The van der Waals surface area contributed by atoms with Crippen molar-refractivity contribution in [1.29, 1.82) is 0 Å². The molecular weight excluding hydrogens is 244 g/mol. The van der Waals surface area contributed by atoms with E-state index in [1.165, 1.54) is 0 Å². The van der Waals surface area contributed by atoms with E-state index in [-0.39, 0.29) is 6.54 Å². The van der Waals surface area contributed by atoms with E-state index in [1.54, 1.807) is 4.90 Å². The lowest BCUT2D eigenvalue weighted by Crippen LogP contribution is -2.33. The SMILES string of the molecule is CCOCCN(CCBr)CC(F)F. The molecule has 0 aliphatic rings. The van der Waals surface area contributed by atoms with Crippen molar-refractivity contribution >= 4 is 15.9 Å². The lowest BCUT2D eigenvalue weighted by molar-refractivity contribution is 0.0655. The van der Waals surface area contributed by atoms with Gasteiger partial charge in [-0.25, -0.2) is 8.78 Å². The van der Waals surface area contributed by atoms with Gasteiger partial charge in [0.25, 0.3) is 6.43 Å². The van der Waals surface area contributed by atoms with E-state index in [0.717, 1.165) is 0 Å². The van der Waals surface area contributed by atoms with E-state index in [2.05, 4.69) is 15.9 Å². The topological polar surface area (TPSA) is 12.5 Å². The maximum atomic E-state index is 12.0. The molecule has 0 aromatic carbocycles. The molecule has 0 aromatic heterocycles. The van der Waals surface area contributed by atoms with Crippen LogP contribution in [0.15, 0.2) is 0 Å². The van der Waals surface area contributed by atoms with E-state index in [4.69, 9.17) is 4.74 Å². The molecule has 13 heavy (non-hydrogen) atoms. The van der Waals surface area contributed by atoms with E-state index in [0.29, 0.717) is 31.6 Å². The average molecular weight is 260 g/mol. The molecule has 0 aliphatic heterocycles. The molecule has 2 nitrogen and oxygen atoms in total. The first-order valence-corrected chi connectivity index (χ1v) is 5.47. The van der Waals surface area contributed by atoms with Gasteiger partial charge in [0.1, 0.15) is 0 Å². The first kappa shape index (κ1) is 13.3. The number of nitrogens with zero attached hydrogens (tertiary/aromatic N) is 1. The number of ether oxygens (including phenoxy) is 1. The maximum absolute atomic E-state index is 12.0. The highest BCUT2D eigenvalue weighted by atomic mass is 79.9. The van der Waals surface area contributed by atoms with Gasteiger partial charge in [-0.3, -0.25) is 4.90 Å². The number of alkyl halides is 3. The number of hydrogen-bond acceptors (Lipinski definition) is 2. The molecule has 0 unspecified atom stereocenters. The molecule has 0 radical (unpaired) electrons. The van der Waals surface area contributed by atoms with Gasteiger partial charge >= 0.3 is 0 Å². The van der Waals surface area contributed by atoms with Crippen molar-refractivity contribution in [2.75, 3.05) is 38.2 Å². The molecule has 0 spiro atoms. The largest absolute Gasteiger partial charge is 0.380 e. The normalized spacial score (nSPS) is 11.5. The molecule has 0 rings (SSSR count). The van der Waals surface area contributed by atoms with Crippen LogP contribution in [0.4, 0.5) is 8.78 Å². The molecule has 5 heteroatoms. The highest BCUT2D eigenvalue weighted by Gasteiger charge is 2.10. The Balaban J connectivity index is 3.53. The Morgan fingerprint density at radius 1 is 1.38 bits per heavy atom. The van der Waals surface area contributed by atoms with Crippen molar-refractivity contribution < 1.29 is 13.5 Å². The predicted octanol–water partition coefficient (Wildman–Crippen LogP) is 1.98. The third-order valence-corrected chi connectivity index (χ3v) is 1.91. The number of halogens is 3. The summed E-state index contributed by atoms with van der Waals surface area (Å²) in [4.78, 5) is 1.69. The van der Waals surface area contributed by atoms with E-state index in [1.807, 2.05) is 6.92 Å². The fourth-order valence-electron chi connectivity index (χ4n) is 0.947. The highest BCUT2D eigenvalue weighted by Crippen LogP contribution is 1.99. The third kappa shape index (κ3) is 8.59. The smallest absolute Gasteiger partial charge is 0.251 e. The van der Waals surface area contributed by atoms with E-state index in [9.17, 15) is 8.78 Å². The van der Waals surface area contributed by atoms with E-state index < -0.39 is 6.43 Å². The van der Waals surface area contributed by atoms with Crippen LogP contribution in [0.3, 0.4) is 0 Å². The minimum atomic E-state index is -2.26. The zero-order chi connectivity index (χ0) is 10.1. The van der Waals surface area contributed by atoms with Crippen LogP contribution in [0.5, 0.6) is 0 Å². The van der Waals surface area contributed by atoms with Crippen LogP contribution in [-0.4, -0.2) is 49.5 Å². The van der Waals surface area contributed by atoms with Crippen LogP contribution >= 0.6 is 15.9 Å². The Kier molecular flexibility index (Phi) is 9.02. The van der Waals surface area contributed by atoms with Crippen molar-refractivity contribution in [2.45, 2.75) is 13.3 Å². The summed E-state index contributed by atoms with van der Waals surface area (Å²) in [5.41, 5.74) is 0. The second-order valence-corrected chi connectivity index (χ2v) is 3.37. The van der Waals surface area contributed by atoms with Crippen LogP contribution < -0.4 is 0 Å². The fourth-order valence-corrected chi connectivity index (χ4v) is 1.45. The zero-order valence-electron chi connectivity index (χ0n) is 7.81. The van der Waals surface area contributed by atoms with Crippen LogP contribution in [0, 0.1) is 0 Å². The van der Waals surface area contributed by atoms with Gasteiger partial charge < -0.3 is 4.74 Å². The van der Waals surface area contributed by atoms with Gasteiger partial charge in [0.15, 0.2) is 0 Å². The van der Waals surface area contributed by atoms with Gasteiger partial charge in [-0.05, 0) is 6.92 Å². The molecular formula is C8H16BrF2NO. The minimum Gasteiger partial charge on any atom is -0.380 e. The summed E-state index contributed by atoms with van der Waals surface area (Å²) in [6.07, 6.45) is -2.26. The Hall–Kier alpha value is 0.260. The quantitative estimate of drug-likeness (QED) is 0.489. The van der Waals surface area contributed by atoms with Crippen LogP contribution in [0.2, 0.25) is 0 Å². The molecule has 0 fully saturated rings. The molecule has 0 N–H and O–H groups in total. The molecule has 0 atom stereocenters. The summed E-state index contributed by atoms with van der Waals surface area (Å²) in [6, 6.07) is 0. The Bertz CT molecular complexity index is 116. The van der Waals surface area contributed by atoms with Crippen LogP contribution in [0.1, 0.15) is 6.92 Å². The first-order chi connectivity index (χ1) is 6.20. The zero-order valence-corrected chi connectivity index (χ0v) is 9.40. The predicted molar refractivity (Wildman–Crippen MR) is 52.7 cm³/mol. The highest BCUT2D eigenvalue weighted by molar-refractivity contribution is 9.09. The van der Waals surface area contributed by atoms with Gasteiger partial charge in [-0.1, -0.05) is 15.9 Å². The molecule has 0 aromatic rings. The maximum Gasteiger partial charge on any atom is 0.251 e. The second-order valence-electron chi connectivity index (χ2n) is 2.58. The van der Waals surface area contributed by atoms with Gasteiger partial charge in [-0.2, -0.15) is 0 Å². The summed E-state index contributed by atoms with van der Waals surface area (Å²) < 4.78 is 29.1. The number of rotatable bonds is 8. The summed E-state index contributed by atoms with van der Waals surface area (Å²) >= 11 is 3.22. The molecule has 0 aliphatic carbocycles. The van der Waals surface area contributed by atoms with Gasteiger partial charge in [0, 0.05) is 25.0 Å². The van der Waals surface area contributed by atoms with Crippen LogP contribution in [0.25, 0.3) is 0 Å². The van der Waals surface area contributed by atoms with Crippen molar-refractivity contribution in [1.82, 2.24) is 4.90 Å². The molecule has 0 saturated heterocycles. The van der Waals surface area contributed by atoms with Crippen molar-refractivity contribution in [2.24, 2.45) is 0 Å². The van der Waals surface area contributed by atoms with Gasteiger partial charge in [0.05, 0.1) is 13.2 Å². The minimum absolute atomic E-state index is 0.168. The third-order valence-electron chi connectivity index (χ3n) is 1.55. The van der Waals surface area contributed by atoms with Gasteiger partial charge in [0.2, 0.25) is 0 Å². The molecule has 0 saturated carbocycles. The summed E-state index contributed by atoms with van der Waals surface area (Å²) in [6.45, 7) is 4.09. The molecule has 80 valence electrons. The second kappa shape index (κ2) is 8.84. The number of hydrogen-bond donors (Lipinski definition) is 0. The van der Waals surface area contributed by atoms with Crippen molar-refractivity contribution in [3.63, 3.8) is 0 Å².